The number of carbonyl (C=O) groups excluding carboxylic acids is 1. The van der Waals surface area contributed by atoms with Gasteiger partial charge in [-0.15, -0.1) is 0 Å². The molecule has 0 bridgehead atoms. The quantitative estimate of drug-likeness (QED) is 0.487. The molecule has 0 aliphatic heterocycles. The monoisotopic (exact) mass is 170 g/mol. The Balaban J connectivity index is 0. The van der Waals surface area contributed by atoms with Crippen LogP contribution in [0.1, 0.15) is 13.3 Å². The van der Waals surface area contributed by atoms with Crippen molar-refractivity contribution < 1.29 is 4.79 Å². The first-order chi connectivity index (χ1) is 5.63. The lowest BCUT2D eigenvalue weighted by Crippen LogP contribution is -2.11. The average Bonchev–Trinajstić information content (AvgIpc) is 2.01. The molecule has 3 nitrogen and oxygen atoms in total. The van der Waals surface area contributed by atoms with Gasteiger partial charge >= 0.3 is 0 Å². The van der Waals surface area contributed by atoms with Crippen molar-refractivity contribution >= 4 is 5.91 Å². The van der Waals surface area contributed by atoms with Gasteiger partial charge in [0.2, 0.25) is 5.91 Å². The van der Waals surface area contributed by atoms with Gasteiger partial charge in [0.15, 0.2) is 0 Å². The highest BCUT2D eigenvalue weighted by Gasteiger charge is 1.95. The zero-order chi connectivity index (χ0) is 9.98. The highest BCUT2D eigenvalue weighted by molar-refractivity contribution is 5.94. The van der Waals surface area contributed by atoms with Crippen molar-refractivity contribution in [2.24, 2.45) is 5.73 Å². The second-order valence-electron chi connectivity index (χ2n) is 2.14. The Morgan fingerprint density at radius 3 is 2.08 bits per heavy atom. The van der Waals surface area contributed by atoms with Crippen LogP contribution in [0.4, 0.5) is 0 Å². The Morgan fingerprint density at radius 1 is 1.58 bits per heavy atom. The predicted molar refractivity (Wildman–Crippen MR) is 52.7 cm³/mol. The molecule has 0 aromatic rings. The van der Waals surface area contributed by atoms with Crippen LogP contribution >= 0.6 is 0 Å². The zero-order valence-corrected chi connectivity index (χ0v) is 8.05. The number of rotatable bonds is 3. The van der Waals surface area contributed by atoms with Gasteiger partial charge in [-0.3, -0.25) is 4.79 Å². The number of amides is 1. The number of carbonyl (C=O) groups is 1. The van der Waals surface area contributed by atoms with E-state index in [9.17, 15) is 4.79 Å². The molecule has 0 atom stereocenters. The number of allylic oxidation sites excluding steroid dienone is 1. The van der Waals surface area contributed by atoms with Crippen LogP contribution in [0.15, 0.2) is 24.3 Å². The Labute approximate surface area is 74.3 Å². The first kappa shape index (κ1) is 13.5. The smallest absolute Gasteiger partial charge is 0.248 e. The Hall–Kier alpha value is -1.09. The summed E-state index contributed by atoms with van der Waals surface area (Å²) in [6.07, 6.45) is 4.02. The second-order valence-corrected chi connectivity index (χ2v) is 2.14. The molecule has 70 valence electrons. The minimum atomic E-state index is -0.410. The summed E-state index contributed by atoms with van der Waals surface area (Å²) < 4.78 is 0. The van der Waals surface area contributed by atoms with E-state index in [0.29, 0.717) is 5.57 Å². The molecule has 0 aromatic carbocycles. The minimum Gasteiger partial charge on any atom is -0.366 e. The van der Waals surface area contributed by atoms with Crippen LogP contribution in [-0.2, 0) is 4.79 Å². The van der Waals surface area contributed by atoms with Crippen molar-refractivity contribution in [3.8, 4) is 0 Å². The van der Waals surface area contributed by atoms with Gasteiger partial charge in [-0.1, -0.05) is 25.7 Å². The average molecular weight is 170 g/mol. The molecule has 0 radical (unpaired) electrons. The third-order valence-corrected chi connectivity index (χ3v) is 0.928. The number of hydrogen-bond donors (Lipinski definition) is 2. The maximum absolute atomic E-state index is 10.4. The normalized spacial score (nSPS) is 9.75. The van der Waals surface area contributed by atoms with Crippen molar-refractivity contribution in [3.63, 3.8) is 0 Å². The maximum atomic E-state index is 10.4. The Kier molecular flexibility index (Phi) is 11.1. The standard InChI is InChI=1S/C7H11NO.C2H7N/c1-3-5-6(4-2)7(8)9;1-3-2/h4-5H,2-3H2,1H3,(H2,8,9);3H,1-2H3. The SMILES string of the molecule is C=CC(=CCC)C(N)=O.CNC. The summed E-state index contributed by atoms with van der Waals surface area (Å²) in [5.41, 5.74) is 5.45. The van der Waals surface area contributed by atoms with Crippen LogP contribution in [0.3, 0.4) is 0 Å². The summed E-state index contributed by atoms with van der Waals surface area (Å²) in [4.78, 5) is 10.4. The van der Waals surface area contributed by atoms with E-state index in [2.05, 4.69) is 11.9 Å². The van der Waals surface area contributed by atoms with Crippen molar-refractivity contribution in [1.29, 1.82) is 0 Å². The molecule has 0 spiro atoms. The summed E-state index contributed by atoms with van der Waals surface area (Å²) in [5, 5.41) is 2.75. The molecule has 0 aliphatic carbocycles. The third kappa shape index (κ3) is 8.91. The number of primary amides is 1. The second kappa shape index (κ2) is 9.91. The van der Waals surface area contributed by atoms with Gasteiger partial charge in [0.05, 0.1) is 0 Å². The molecule has 0 fully saturated rings. The van der Waals surface area contributed by atoms with Gasteiger partial charge in [-0.2, -0.15) is 0 Å². The summed E-state index contributed by atoms with van der Waals surface area (Å²) >= 11 is 0. The van der Waals surface area contributed by atoms with Crippen molar-refractivity contribution in [1.82, 2.24) is 5.32 Å². The van der Waals surface area contributed by atoms with Gasteiger partial charge < -0.3 is 11.1 Å². The van der Waals surface area contributed by atoms with Crippen LogP contribution < -0.4 is 11.1 Å². The van der Waals surface area contributed by atoms with Crippen LogP contribution in [0.5, 0.6) is 0 Å². The highest BCUT2D eigenvalue weighted by atomic mass is 16.1. The van der Waals surface area contributed by atoms with E-state index in [4.69, 9.17) is 5.73 Å². The fourth-order valence-corrected chi connectivity index (χ4v) is 0.504. The summed E-state index contributed by atoms with van der Waals surface area (Å²) in [6, 6.07) is 0. The van der Waals surface area contributed by atoms with Crippen LogP contribution in [0.2, 0.25) is 0 Å². The lowest BCUT2D eigenvalue weighted by Gasteiger charge is -1.90. The summed E-state index contributed by atoms with van der Waals surface area (Å²) in [5.74, 6) is -0.410. The molecule has 0 heterocycles. The molecule has 0 rings (SSSR count). The van der Waals surface area contributed by atoms with Gasteiger partial charge in [-0.25, -0.2) is 0 Å². The van der Waals surface area contributed by atoms with Gasteiger partial charge in [-0.05, 0) is 20.5 Å². The molecule has 0 aliphatic rings. The fourth-order valence-electron chi connectivity index (χ4n) is 0.504. The lowest BCUT2D eigenvalue weighted by molar-refractivity contribution is -0.114. The molecule has 0 unspecified atom stereocenters. The molecular weight excluding hydrogens is 152 g/mol. The predicted octanol–water partition coefficient (Wildman–Crippen LogP) is 0.830. The van der Waals surface area contributed by atoms with Crippen LogP contribution in [-0.4, -0.2) is 20.0 Å². The largest absolute Gasteiger partial charge is 0.366 e. The van der Waals surface area contributed by atoms with E-state index in [-0.39, 0.29) is 0 Å². The van der Waals surface area contributed by atoms with Crippen molar-refractivity contribution in [2.45, 2.75) is 13.3 Å². The van der Waals surface area contributed by atoms with E-state index in [0.717, 1.165) is 6.42 Å². The van der Waals surface area contributed by atoms with Crippen LogP contribution in [0, 0.1) is 0 Å². The molecular formula is C9H18N2O. The Bertz CT molecular complexity index is 162. The minimum absolute atomic E-state index is 0.410. The van der Waals surface area contributed by atoms with Crippen molar-refractivity contribution in [3.05, 3.63) is 24.3 Å². The van der Waals surface area contributed by atoms with E-state index in [1.165, 1.54) is 6.08 Å². The number of nitrogens with two attached hydrogens (primary N) is 1. The Morgan fingerprint density at radius 2 is 2.00 bits per heavy atom. The van der Waals surface area contributed by atoms with E-state index >= 15 is 0 Å². The first-order valence-electron chi connectivity index (χ1n) is 3.84. The highest BCUT2D eigenvalue weighted by Crippen LogP contribution is 1.94. The van der Waals surface area contributed by atoms with Crippen LogP contribution in [0.25, 0.3) is 0 Å². The molecule has 1 amide bonds. The van der Waals surface area contributed by atoms with Gasteiger partial charge in [0.1, 0.15) is 0 Å². The molecule has 3 heteroatoms. The molecule has 12 heavy (non-hydrogen) atoms. The summed E-state index contributed by atoms with van der Waals surface area (Å²) in [6.45, 7) is 5.37. The van der Waals surface area contributed by atoms with E-state index in [1.54, 1.807) is 6.08 Å². The topological polar surface area (TPSA) is 55.1 Å². The molecule has 0 aromatic heterocycles. The third-order valence-electron chi connectivity index (χ3n) is 0.928. The number of hydrogen-bond acceptors (Lipinski definition) is 2. The zero-order valence-electron chi connectivity index (χ0n) is 8.05. The maximum Gasteiger partial charge on any atom is 0.248 e. The lowest BCUT2D eigenvalue weighted by atomic mass is 10.2. The molecule has 0 saturated heterocycles. The molecule has 0 saturated carbocycles. The van der Waals surface area contributed by atoms with E-state index < -0.39 is 5.91 Å². The molecule has 3 N–H and O–H groups in total. The van der Waals surface area contributed by atoms with Gasteiger partial charge in [0, 0.05) is 5.57 Å². The fraction of sp³-hybridized carbons (Fsp3) is 0.444. The van der Waals surface area contributed by atoms with Crippen molar-refractivity contribution in [2.75, 3.05) is 14.1 Å². The van der Waals surface area contributed by atoms with E-state index in [1.807, 2.05) is 21.0 Å². The number of nitrogens with one attached hydrogen (secondary N) is 1. The first-order valence-corrected chi connectivity index (χ1v) is 3.84. The summed E-state index contributed by atoms with van der Waals surface area (Å²) in [7, 11) is 3.75. The van der Waals surface area contributed by atoms with Gasteiger partial charge in [0.25, 0.3) is 0 Å².